The second-order valence-electron chi connectivity index (χ2n) is 3.22. The summed E-state index contributed by atoms with van der Waals surface area (Å²) in [6, 6.07) is 5.54. The van der Waals surface area contributed by atoms with E-state index in [0.717, 1.165) is 11.1 Å². The van der Waals surface area contributed by atoms with Crippen LogP contribution in [0.1, 0.15) is 21.5 Å². The van der Waals surface area contributed by atoms with Crippen molar-refractivity contribution in [1.29, 1.82) is 0 Å². The summed E-state index contributed by atoms with van der Waals surface area (Å²) in [5.41, 5.74) is 7.83. The number of benzene rings is 1. The van der Waals surface area contributed by atoms with Gasteiger partial charge in [-0.2, -0.15) is 0 Å². The Balaban J connectivity index is 0.000000366. The molecule has 0 radical (unpaired) electrons. The van der Waals surface area contributed by atoms with E-state index in [2.05, 4.69) is 0 Å². The first-order valence-corrected chi connectivity index (χ1v) is 4.59. The standard InChI is InChI=1S/C9H11NO.C2H2O4/c1-6-4-3-5-8(7(6)2)9(10)11;3-1(4)2(5)6/h3-5H,1-2H3,(H2,10,11);(H,3,4)(H,5,6). The summed E-state index contributed by atoms with van der Waals surface area (Å²) in [4.78, 5) is 29.0. The van der Waals surface area contributed by atoms with Crippen molar-refractivity contribution in [2.45, 2.75) is 13.8 Å². The Morgan fingerprint density at radius 3 is 1.82 bits per heavy atom. The van der Waals surface area contributed by atoms with Crippen LogP contribution in [0.25, 0.3) is 0 Å². The van der Waals surface area contributed by atoms with Gasteiger partial charge in [-0.1, -0.05) is 12.1 Å². The highest BCUT2D eigenvalue weighted by Crippen LogP contribution is 2.11. The average Bonchev–Trinajstić information content (AvgIpc) is 2.22. The second-order valence-corrected chi connectivity index (χ2v) is 3.22. The topological polar surface area (TPSA) is 118 Å². The monoisotopic (exact) mass is 239 g/mol. The zero-order valence-corrected chi connectivity index (χ0v) is 9.43. The fourth-order valence-corrected chi connectivity index (χ4v) is 1.02. The number of primary amides is 1. The van der Waals surface area contributed by atoms with Crippen LogP contribution in [0.15, 0.2) is 18.2 Å². The minimum atomic E-state index is -1.82. The molecule has 92 valence electrons. The van der Waals surface area contributed by atoms with E-state index in [1.807, 2.05) is 26.0 Å². The highest BCUT2D eigenvalue weighted by Gasteiger charge is 2.04. The lowest BCUT2D eigenvalue weighted by molar-refractivity contribution is -0.159. The lowest BCUT2D eigenvalue weighted by atomic mass is 10.0. The Hall–Kier alpha value is -2.37. The van der Waals surface area contributed by atoms with Crippen molar-refractivity contribution in [2.24, 2.45) is 5.73 Å². The molecule has 0 saturated heterocycles. The third kappa shape index (κ3) is 4.78. The summed E-state index contributed by atoms with van der Waals surface area (Å²) in [7, 11) is 0. The Bertz CT molecular complexity index is 441. The lowest BCUT2D eigenvalue weighted by Gasteiger charge is -2.03. The number of amides is 1. The van der Waals surface area contributed by atoms with Crippen molar-refractivity contribution in [3.05, 3.63) is 34.9 Å². The maximum absolute atomic E-state index is 10.8. The van der Waals surface area contributed by atoms with Gasteiger partial charge in [-0.25, -0.2) is 9.59 Å². The van der Waals surface area contributed by atoms with Gasteiger partial charge in [0.2, 0.25) is 5.91 Å². The molecule has 1 aromatic carbocycles. The number of aliphatic carboxylic acids is 2. The number of carbonyl (C=O) groups excluding carboxylic acids is 1. The van der Waals surface area contributed by atoms with Gasteiger partial charge in [0, 0.05) is 5.56 Å². The van der Waals surface area contributed by atoms with E-state index in [4.69, 9.17) is 25.5 Å². The van der Waals surface area contributed by atoms with E-state index in [9.17, 15) is 4.79 Å². The van der Waals surface area contributed by atoms with Gasteiger partial charge in [0.15, 0.2) is 0 Å². The molecule has 6 nitrogen and oxygen atoms in total. The van der Waals surface area contributed by atoms with Gasteiger partial charge in [-0.3, -0.25) is 4.79 Å². The number of rotatable bonds is 1. The summed E-state index contributed by atoms with van der Waals surface area (Å²) in [6.45, 7) is 3.86. The first-order chi connectivity index (χ1) is 7.77. The van der Waals surface area contributed by atoms with Gasteiger partial charge in [-0.05, 0) is 31.0 Å². The second kappa shape index (κ2) is 6.26. The van der Waals surface area contributed by atoms with Crippen molar-refractivity contribution in [3.8, 4) is 0 Å². The molecule has 0 heterocycles. The van der Waals surface area contributed by atoms with E-state index >= 15 is 0 Å². The molecule has 0 aliphatic carbocycles. The largest absolute Gasteiger partial charge is 0.473 e. The maximum Gasteiger partial charge on any atom is 0.414 e. The van der Waals surface area contributed by atoms with Crippen LogP contribution in [-0.4, -0.2) is 28.1 Å². The molecule has 0 atom stereocenters. The Morgan fingerprint density at radius 2 is 1.53 bits per heavy atom. The molecule has 0 bridgehead atoms. The molecular formula is C11H13NO5. The number of carboxylic acid groups (broad SMARTS) is 2. The lowest BCUT2D eigenvalue weighted by Crippen LogP contribution is -2.12. The molecule has 1 amide bonds. The molecule has 0 saturated carbocycles. The summed E-state index contributed by atoms with van der Waals surface area (Å²) < 4.78 is 0. The number of nitrogens with two attached hydrogens (primary N) is 1. The maximum atomic E-state index is 10.8. The molecule has 0 spiro atoms. The summed E-state index contributed by atoms with van der Waals surface area (Å²) in [5.74, 6) is -4.00. The van der Waals surface area contributed by atoms with Gasteiger partial charge in [0.25, 0.3) is 0 Å². The number of hydrogen-bond acceptors (Lipinski definition) is 3. The molecule has 0 unspecified atom stereocenters. The van der Waals surface area contributed by atoms with Crippen molar-refractivity contribution in [3.63, 3.8) is 0 Å². The van der Waals surface area contributed by atoms with Crippen LogP contribution in [0.3, 0.4) is 0 Å². The van der Waals surface area contributed by atoms with Crippen LogP contribution in [0.2, 0.25) is 0 Å². The quantitative estimate of drug-likeness (QED) is 0.619. The zero-order valence-electron chi connectivity index (χ0n) is 9.43. The molecule has 17 heavy (non-hydrogen) atoms. The third-order valence-electron chi connectivity index (χ3n) is 2.05. The van der Waals surface area contributed by atoms with Crippen LogP contribution in [0.5, 0.6) is 0 Å². The van der Waals surface area contributed by atoms with E-state index in [0.29, 0.717) is 5.56 Å². The summed E-state index contributed by atoms with van der Waals surface area (Å²) in [6.07, 6.45) is 0. The van der Waals surface area contributed by atoms with E-state index in [-0.39, 0.29) is 5.91 Å². The number of aryl methyl sites for hydroxylation is 1. The van der Waals surface area contributed by atoms with Crippen molar-refractivity contribution >= 4 is 17.8 Å². The van der Waals surface area contributed by atoms with Crippen LogP contribution in [0, 0.1) is 13.8 Å². The van der Waals surface area contributed by atoms with Gasteiger partial charge >= 0.3 is 11.9 Å². The van der Waals surface area contributed by atoms with Crippen molar-refractivity contribution < 1.29 is 24.6 Å². The minimum Gasteiger partial charge on any atom is -0.473 e. The van der Waals surface area contributed by atoms with Gasteiger partial charge < -0.3 is 15.9 Å². The minimum absolute atomic E-state index is 0.355. The summed E-state index contributed by atoms with van der Waals surface area (Å²) >= 11 is 0. The normalized spacial score (nSPS) is 8.82. The zero-order chi connectivity index (χ0) is 13.6. The predicted octanol–water partition coefficient (Wildman–Crippen LogP) is 0.558. The van der Waals surface area contributed by atoms with Gasteiger partial charge in [0.1, 0.15) is 0 Å². The fraction of sp³-hybridized carbons (Fsp3) is 0.182. The van der Waals surface area contributed by atoms with Crippen LogP contribution in [-0.2, 0) is 9.59 Å². The van der Waals surface area contributed by atoms with E-state index < -0.39 is 11.9 Å². The van der Waals surface area contributed by atoms with E-state index in [1.54, 1.807) is 6.07 Å². The summed E-state index contributed by atoms with van der Waals surface area (Å²) in [5, 5.41) is 14.8. The number of hydrogen-bond donors (Lipinski definition) is 3. The molecule has 4 N–H and O–H groups in total. The Morgan fingerprint density at radius 1 is 1.06 bits per heavy atom. The van der Waals surface area contributed by atoms with Crippen LogP contribution < -0.4 is 5.73 Å². The smallest absolute Gasteiger partial charge is 0.414 e. The average molecular weight is 239 g/mol. The molecular weight excluding hydrogens is 226 g/mol. The van der Waals surface area contributed by atoms with Crippen molar-refractivity contribution in [1.82, 2.24) is 0 Å². The first kappa shape index (κ1) is 14.6. The molecule has 0 aliphatic rings. The van der Waals surface area contributed by atoms with Gasteiger partial charge in [0.05, 0.1) is 0 Å². The van der Waals surface area contributed by atoms with E-state index in [1.165, 1.54) is 0 Å². The SMILES string of the molecule is Cc1cccc(C(N)=O)c1C.O=C(O)C(=O)O. The first-order valence-electron chi connectivity index (χ1n) is 4.59. The molecule has 0 aromatic heterocycles. The molecule has 0 fully saturated rings. The third-order valence-corrected chi connectivity index (χ3v) is 2.05. The molecule has 6 heteroatoms. The van der Waals surface area contributed by atoms with Crippen molar-refractivity contribution in [2.75, 3.05) is 0 Å². The Kier molecular flexibility index (Phi) is 5.39. The highest BCUT2D eigenvalue weighted by atomic mass is 16.4. The highest BCUT2D eigenvalue weighted by molar-refractivity contribution is 6.27. The van der Waals surface area contributed by atoms with Crippen LogP contribution >= 0.6 is 0 Å². The predicted molar refractivity (Wildman–Crippen MR) is 59.7 cm³/mol. The number of carbonyl (C=O) groups is 3. The fourth-order valence-electron chi connectivity index (χ4n) is 1.02. The van der Waals surface area contributed by atoms with Crippen LogP contribution in [0.4, 0.5) is 0 Å². The molecule has 1 rings (SSSR count). The molecule has 1 aromatic rings. The van der Waals surface area contributed by atoms with Gasteiger partial charge in [-0.15, -0.1) is 0 Å². The number of carboxylic acids is 2. The Labute approximate surface area is 97.7 Å². The molecule has 0 aliphatic heterocycles.